The van der Waals surface area contributed by atoms with Crippen molar-refractivity contribution in [1.82, 2.24) is 5.32 Å². The van der Waals surface area contributed by atoms with Crippen molar-refractivity contribution in [2.45, 2.75) is 59.5 Å². The number of nitrogens with one attached hydrogen (secondary N) is 1. The summed E-state index contributed by atoms with van der Waals surface area (Å²) in [7, 11) is 0. The molecule has 2 rings (SSSR count). The lowest BCUT2D eigenvalue weighted by Gasteiger charge is -2.32. The molecule has 0 aliphatic carbocycles. The molecule has 0 radical (unpaired) electrons. The van der Waals surface area contributed by atoms with Gasteiger partial charge >= 0.3 is 0 Å². The second-order valence-electron chi connectivity index (χ2n) is 8.94. The maximum absolute atomic E-state index is 14.0. The summed E-state index contributed by atoms with van der Waals surface area (Å²) in [5, 5.41) is 3.46. The molecule has 0 spiro atoms. The van der Waals surface area contributed by atoms with E-state index in [1.807, 2.05) is 51.1 Å². The fourth-order valence-corrected chi connectivity index (χ4v) is 3.01. The first-order valence-corrected chi connectivity index (χ1v) is 9.13. The van der Waals surface area contributed by atoms with Gasteiger partial charge in [0, 0.05) is 16.5 Å². The number of carbonyl (C=O) groups excluding carboxylic acids is 1. The molecule has 0 saturated heterocycles. The summed E-state index contributed by atoms with van der Waals surface area (Å²) in [5.41, 5.74) is 1.93. The average Bonchev–Trinajstić information content (AvgIpc) is 2.53. The third-order valence-corrected chi connectivity index (χ3v) is 4.24. The van der Waals surface area contributed by atoms with Crippen LogP contribution in [0.25, 0.3) is 11.1 Å². The molecule has 140 valence electrons. The van der Waals surface area contributed by atoms with Crippen LogP contribution in [0.2, 0.25) is 0 Å². The van der Waals surface area contributed by atoms with E-state index >= 15 is 0 Å². The van der Waals surface area contributed by atoms with Gasteiger partial charge in [-0.25, -0.2) is 4.39 Å². The van der Waals surface area contributed by atoms with Crippen molar-refractivity contribution in [2.75, 3.05) is 0 Å². The van der Waals surface area contributed by atoms with E-state index in [1.54, 1.807) is 12.1 Å². The molecule has 2 aromatic rings. The molecule has 3 heteroatoms. The normalized spacial score (nSPS) is 13.5. The lowest BCUT2D eigenvalue weighted by molar-refractivity contribution is -0.128. The smallest absolute Gasteiger partial charge is 0.155 e. The SMILES string of the molecule is CC(C)(C)NC(Cc1ccc(-c2ccccc2F)cc1)C(=O)C(C)(C)C. The minimum atomic E-state index is -0.407. The second kappa shape index (κ2) is 7.71. The van der Waals surface area contributed by atoms with Crippen LogP contribution >= 0.6 is 0 Å². The van der Waals surface area contributed by atoms with E-state index in [1.165, 1.54) is 6.07 Å². The minimum Gasteiger partial charge on any atom is -0.302 e. The Morgan fingerprint density at radius 3 is 2.04 bits per heavy atom. The largest absolute Gasteiger partial charge is 0.302 e. The summed E-state index contributed by atoms with van der Waals surface area (Å²) in [5.74, 6) is -0.0268. The van der Waals surface area contributed by atoms with E-state index < -0.39 is 5.41 Å². The van der Waals surface area contributed by atoms with Crippen molar-refractivity contribution in [3.05, 3.63) is 59.9 Å². The molecule has 1 N–H and O–H groups in total. The highest BCUT2D eigenvalue weighted by Gasteiger charge is 2.31. The van der Waals surface area contributed by atoms with Crippen molar-refractivity contribution in [3.8, 4) is 11.1 Å². The Bertz CT molecular complexity index is 751. The first-order valence-electron chi connectivity index (χ1n) is 9.13. The molecular formula is C23H30FNO. The van der Waals surface area contributed by atoms with Gasteiger partial charge in [-0.1, -0.05) is 63.2 Å². The van der Waals surface area contributed by atoms with Crippen LogP contribution in [0.3, 0.4) is 0 Å². The number of hydrogen-bond acceptors (Lipinski definition) is 2. The Balaban J connectivity index is 2.23. The maximum atomic E-state index is 14.0. The highest BCUT2D eigenvalue weighted by Crippen LogP contribution is 2.24. The number of benzene rings is 2. The van der Waals surface area contributed by atoms with E-state index in [-0.39, 0.29) is 23.2 Å². The van der Waals surface area contributed by atoms with Crippen LogP contribution in [0.1, 0.15) is 47.1 Å². The number of hydrogen-bond donors (Lipinski definition) is 1. The van der Waals surface area contributed by atoms with Gasteiger partial charge in [0.05, 0.1) is 6.04 Å². The van der Waals surface area contributed by atoms with Crippen LogP contribution in [-0.4, -0.2) is 17.4 Å². The van der Waals surface area contributed by atoms with Gasteiger partial charge < -0.3 is 5.32 Å². The highest BCUT2D eigenvalue weighted by molar-refractivity contribution is 5.89. The van der Waals surface area contributed by atoms with Crippen molar-refractivity contribution in [1.29, 1.82) is 0 Å². The number of halogens is 1. The summed E-state index contributed by atoms with van der Waals surface area (Å²) < 4.78 is 14.0. The zero-order valence-corrected chi connectivity index (χ0v) is 16.7. The van der Waals surface area contributed by atoms with Gasteiger partial charge in [-0.3, -0.25) is 4.79 Å². The van der Waals surface area contributed by atoms with Crippen LogP contribution in [0.4, 0.5) is 4.39 Å². The van der Waals surface area contributed by atoms with Gasteiger partial charge in [-0.2, -0.15) is 0 Å². The minimum absolute atomic E-state index is 0.154. The molecule has 2 aromatic carbocycles. The highest BCUT2D eigenvalue weighted by atomic mass is 19.1. The zero-order chi connectivity index (χ0) is 19.5. The lowest BCUT2D eigenvalue weighted by atomic mass is 9.83. The van der Waals surface area contributed by atoms with Crippen LogP contribution < -0.4 is 5.32 Å². The van der Waals surface area contributed by atoms with Crippen molar-refractivity contribution in [3.63, 3.8) is 0 Å². The van der Waals surface area contributed by atoms with Crippen LogP contribution in [0.5, 0.6) is 0 Å². The van der Waals surface area contributed by atoms with E-state index in [2.05, 4.69) is 26.1 Å². The summed E-state index contributed by atoms with van der Waals surface area (Å²) in [4.78, 5) is 12.9. The van der Waals surface area contributed by atoms with Crippen molar-refractivity contribution in [2.24, 2.45) is 5.41 Å². The summed E-state index contributed by atoms with van der Waals surface area (Å²) in [6.45, 7) is 12.1. The molecule has 0 saturated carbocycles. The Hall–Kier alpha value is -2.00. The van der Waals surface area contributed by atoms with Crippen LogP contribution in [0.15, 0.2) is 48.5 Å². The predicted molar refractivity (Wildman–Crippen MR) is 107 cm³/mol. The number of ketones is 1. The van der Waals surface area contributed by atoms with E-state index in [9.17, 15) is 9.18 Å². The standard InChI is InChI=1S/C23H30FNO/c1-22(2,3)21(26)20(25-23(4,5)6)15-16-11-13-17(14-12-16)18-9-7-8-10-19(18)24/h7-14,20,25H,15H2,1-6H3. The average molecular weight is 355 g/mol. The van der Waals surface area contributed by atoms with Gasteiger partial charge in [0.2, 0.25) is 0 Å². The van der Waals surface area contributed by atoms with Crippen molar-refractivity contribution < 1.29 is 9.18 Å². The fourth-order valence-electron chi connectivity index (χ4n) is 3.01. The topological polar surface area (TPSA) is 29.1 Å². The molecule has 2 nitrogen and oxygen atoms in total. The third kappa shape index (κ3) is 5.50. The predicted octanol–water partition coefficient (Wildman–Crippen LogP) is 5.41. The molecule has 0 amide bonds. The molecule has 1 unspecified atom stereocenters. The lowest BCUT2D eigenvalue weighted by Crippen LogP contribution is -2.51. The van der Waals surface area contributed by atoms with Gasteiger partial charge in [-0.15, -0.1) is 0 Å². The first kappa shape index (κ1) is 20.3. The summed E-state index contributed by atoms with van der Waals surface area (Å²) in [6, 6.07) is 14.3. The van der Waals surface area contributed by atoms with E-state index in [4.69, 9.17) is 0 Å². The number of Topliss-reactive ketones (excluding diaryl/α,β-unsaturated/α-hetero) is 1. The Kier molecular flexibility index (Phi) is 6.02. The molecule has 0 bridgehead atoms. The van der Waals surface area contributed by atoms with Crippen molar-refractivity contribution >= 4 is 5.78 Å². The Morgan fingerprint density at radius 1 is 0.962 bits per heavy atom. The van der Waals surface area contributed by atoms with Crippen LogP contribution in [0, 0.1) is 11.2 Å². The summed E-state index contributed by atoms with van der Waals surface area (Å²) in [6.07, 6.45) is 0.616. The van der Waals surface area contributed by atoms with Gasteiger partial charge in [0.1, 0.15) is 5.82 Å². The maximum Gasteiger partial charge on any atom is 0.155 e. The summed E-state index contributed by atoms with van der Waals surface area (Å²) >= 11 is 0. The van der Waals surface area contributed by atoms with Crippen LogP contribution in [-0.2, 0) is 11.2 Å². The van der Waals surface area contributed by atoms with Gasteiger partial charge in [0.25, 0.3) is 0 Å². The molecule has 1 atom stereocenters. The molecular weight excluding hydrogens is 325 g/mol. The molecule has 0 fully saturated rings. The van der Waals surface area contributed by atoms with Gasteiger partial charge in [0.15, 0.2) is 5.78 Å². The number of rotatable bonds is 5. The quantitative estimate of drug-likeness (QED) is 0.777. The Labute approximate surface area is 156 Å². The second-order valence-corrected chi connectivity index (χ2v) is 8.94. The first-order chi connectivity index (χ1) is 12.0. The Morgan fingerprint density at radius 2 is 1.54 bits per heavy atom. The molecule has 0 aliphatic heterocycles. The van der Waals surface area contributed by atoms with E-state index in [0.29, 0.717) is 12.0 Å². The fraction of sp³-hybridized carbons (Fsp3) is 0.435. The monoisotopic (exact) mass is 355 g/mol. The zero-order valence-electron chi connectivity index (χ0n) is 16.7. The van der Waals surface area contributed by atoms with Gasteiger partial charge in [-0.05, 0) is 44.4 Å². The number of carbonyl (C=O) groups is 1. The molecule has 0 heterocycles. The molecule has 0 aliphatic rings. The molecule has 26 heavy (non-hydrogen) atoms. The molecule has 0 aromatic heterocycles. The van der Waals surface area contributed by atoms with E-state index in [0.717, 1.165) is 11.1 Å². The third-order valence-electron chi connectivity index (χ3n) is 4.24.